The SMILES string of the molecule is CC[C@@H](C(=O)[C@@H](C)[C@@H](O)[C@H](C)[C@@H]1O[C@@H]([C@@H](CC)C(=O)O)CC[C@@H]1C)[C@H]1O[C@]2(C=CC(NC(=O)C(Cl)Cl)[C@]3(CC[C@@](C)([C@H]4CC[C@](O)(CC)[C@H](C)O4)O3)O2)[C@H](C)C[C@@H]1C. The van der Waals surface area contributed by atoms with Gasteiger partial charge in [0.05, 0.1) is 53.7 Å². The van der Waals surface area contributed by atoms with Gasteiger partial charge in [-0.2, -0.15) is 0 Å². The van der Waals surface area contributed by atoms with E-state index >= 15 is 0 Å². The zero-order valence-corrected chi connectivity index (χ0v) is 37.8. The maximum Gasteiger partial charge on any atom is 0.309 e. The number of aliphatic hydroxyl groups excluding tert-OH is 1. The number of carbonyl (C=O) groups excluding carboxylic acids is 2. The number of ketones is 1. The van der Waals surface area contributed by atoms with Gasteiger partial charge in [-0.05, 0) is 89.5 Å². The number of carboxylic acid groups (broad SMARTS) is 1. The van der Waals surface area contributed by atoms with Gasteiger partial charge in [-0.1, -0.05) is 84.7 Å². The van der Waals surface area contributed by atoms with E-state index in [9.17, 15) is 29.7 Å². The molecule has 0 radical (unpaired) electrons. The second-order valence-corrected chi connectivity index (χ2v) is 19.9. The quantitative estimate of drug-likeness (QED) is 0.104. The highest BCUT2D eigenvalue weighted by Crippen LogP contribution is 2.54. The Bertz CT molecular complexity index is 1500. The van der Waals surface area contributed by atoms with E-state index in [-0.39, 0.29) is 29.6 Å². The molecule has 4 fully saturated rings. The highest BCUT2D eigenvalue weighted by molar-refractivity contribution is 6.53. The Morgan fingerprint density at radius 2 is 1.57 bits per heavy atom. The molecule has 5 rings (SSSR count). The molecule has 2 spiro atoms. The molecule has 0 bridgehead atoms. The van der Waals surface area contributed by atoms with Crippen molar-refractivity contribution in [2.24, 2.45) is 41.4 Å². The van der Waals surface area contributed by atoms with E-state index < -0.39 is 99.7 Å². The summed E-state index contributed by atoms with van der Waals surface area (Å²) < 4.78 is 34.1. The zero-order chi connectivity index (χ0) is 43.1. The van der Waals surface area contributed by atoms with E-state index in [0.29, 0.717) is 57.8 Å². The summed E-state index contributed by atoms with van der Waals surface area (Å²) in [6.07, 6.45) is 6.06. The number of rotatable bonds is 14. The smallest absolute Gasteiger partial charge is 0.309 e. The van der Waals surface area contributed by atoms with E-state index in [2.05, 4.69) is 19.2 Å². The monoisotopic (exact) mass is 859 g/mol. The fraction of sp³-hybridized carbons (Fsp3) is 0.886. The fourth-order valence-electron chi connectivity index (χ4n) is 10.9. The lowest BCUT2D eigenvalue weighted by Gasteiger charge is -2.55. The largest absolute Gasteiger partial charge is 0.481 e. The molecule has 0 aromatic heterocycles. The summed E-state index contributed by atoms with van der Waals surface area (Å²) in [5.41, 5.74) is -1.76. The number of hydrogen-bond donors (Lipinski definition) is 4. The van der Waals surface area contributed by atoms with Gasteiger partial charge in [-0.3, -0.25) is 14.4 Å². The van der Waals surface area contributed by atoms with Gasteiger partial charge in [-0.25, -0.2) is 0 Å². The highest BCUT2D eigenvalue weighted by Gasteiger charge is 2.63. The summed E-state index contributed by atoms with van der Waals surface area (Å²) in [5.74, 6) is -6.82. The lowest BCUT2D eigenvalue weighted by atomic mass is 9.72. The first-order valence-electron chi connectivity index (χ1n) is 21.9. The minimum absolute atomic E-state index is 0.0384. The second kappa shape index (κ2) is 18.6. The molecule has 1 unspecified atom stereocenters. The highest BCUT2D eigenvalue weighted by atomic mass is 35.5. The average Bonchev–Trinajstić information content (AvgIpc) is 3.52. The number of alkyl halides is 2. The maximum absolute atomic E-state index is 14.6. The molecular weight excluding hydrogens is 789 g/mol. The van der Waals surface area contributed by atoms with Crippen molar-refractivity contribution in [2.75, 3.05) is 0 Å². The molecule has 18 atom stereocenters. The fourth-order valence-corrected chi connectivity index (χ4v) is 11.0. The first-order chi connectivity index (χ1) is 27.1. The lowest BCUT2D eigenvalue weighted by Crippen LogP contribution is -2.66. The number of Topliss-reactive ketones (excluding diaryl/α,β-unsaturated/α-hetero) is 1. The van der Waals surface area contributed by atoms with Crippen molar-refractivity contribution in [3.8, 4) is 0 Å². The van der Waals surface area contributed by atoms with Gasteiger partial charge < -0.3 is 44.3 Å². The van der Waals surface area contributed by atoms with Crippen LogP contribution in [0.5, 0.6) is 0 Å². The molecule has 0 aromatic rings. The van der Waals surface area contributed by atoms with E-state index in [0.717, 1.165) is 6.42 Å². The van der Waals surface area contributed by atoms with Crippen LogP contribution in [0.15, 0.2) is 12.2 Å². The van der Waals surface area contributed by atoms with Crippen LogP contribution in [0, 0.1) is 41.4 Å². The Labute approximate surface area is 355 Å². The molecular formula is C44H71Cl2NO11. The molecule has 14 heteroatoms. The van der Waals surface area contributed by atoms with E-state index in [1.165, 1.54) is 0 Å². The normalized spacial score (nSPS) is 43.2. The van der Waals surface area contributed by atoms with Crippen LogP contribution in [-0.4, -0.2) is 103 Å². The first-order valence-corrected chi connectivity index (χ1v) is 22.8. The molecule has 4 N–H and O–H groups in total. The second-order valence-electron chi connectivity index (χ2n) is 18.8. The minimum atomic E-state index is -1.40. The standard InChI is InChI=1S/C44H71Cl2NO11/c1-11-29(40(51)52)31-15-14-23(4)36(55-31)27(8)34(48)26(7)35(49)30(12-2)37-24(5)22-25(6)43(56-37)19-16-32(47-39(50)38(45)46)44(58-43)21-20-41(10,57-44)33-17-18-42(53,13-3)28(9)54-33/h16,19,23-34,36-38,48,53H,11-15,17-18,20-22H2,1-10H3,(H,47,50)(H,51,52)/t23-,24-,25+,26-,27-,28-,29+,30-,31+,32?,33+,34+,36+,37-,41-,42+,43-,44-/m0/s1. The average molecular weight is 861 g/mol. The van der Waals surface area contributed by atoms with Gasteiger partial charge in [-0.15, -0.1) is 0 Å². The van der Waals surface area contributed by atoms with Crippen LogP contribution in [0.4, 0.5) is 0 Å². The number of amides is 1. The number of carbonyl (C=O) groups is 3. The van der Waals surface area contributed by atoms with Crippen LogP contribution in [0.25, 0.3) is 0 Å². The van der Waals surface area contributed by atoms with Crippen LogP contribution in [0.3, 0.4) is 0 Å². The van der Waals surface area contributed by atoms with Crippen molar-refractivity contribution < 1.29 is 53.4 Å². The molecule has 332 valence electrons. The van der Waals surface area contributed by atoms with Crippen LogP contribution < -0.4 is 5.32 Å². The third kappa shape index (κ3) is 9.22. The summed E-state index contributed by atoms with van der Waals surface area (Å²) in [6.45, 7) is 19.5. The van der Waals surface area contributed by atoms with E-state index in [4.69, 9.17) is 46.9 Å². The van der Waals surface area contributed by atoms with Crippen molar-refractivity contribution in [1.29, 1.82) is 0 Å². The van der Waals surface area contributed by atoms with Crippen LogP contribution >= 0.6 is 23.2 Å². The van der Waals surface area contributed by atoms with Crippen molar-refractivity contribution in [3.63, 3.8) is 0 Å². The summed E-state index contributed by atoms with van der Waals surface area (Å²) >= 11 is 12.0. The molecule has 12 nitrogen and oxygen atoms in total. The molecule has 0 aromatic carbocycles. The van der Waals surface area contributed by atoms with Crippen LogP contribution in [0.2, 0.25) is 0 Å². The molecule has 5 aliphatic rings. The first kappa shape index (κ1) is 47.7. The molecule has 58 heavy (non-hydrogen) atoms. The predicted octanol–water partition coefficient (Wildman–Crippen LogP) is 7.12. The predicted molar refractivity (Wildman–Crippen MR) is 220 cm³/mol. The molecule has 1 amide bonds. The van der Waals surface area contributed by atoms with E-state index in [1.807, 2.05) is 60.6 Å². The minimum Gasteiger partial charge on any atom is -0.481 e. The summed E-state index contributed by atoms with van der Waals surface area (Å²) in [5, 5.41) is 35.7. The van der Waals surface area contributed by atoms with Crippen molar-refractivity contribution in [1.82, 2.24) is 5.32 Å². The molecule has 0 aliphatic carbocycles. The number of hydrogen-bond acceptors (Lipinski definition) is 10. The Hall–Kier alpha value is -1.35. The van der Waals surface area contributed by atoms with Gasteiger partial charge in [0.25, 0.3) is 5.91 Å². The van der Waals surface area contributed by atoms with Gasteiger partial charge in [0.1, 0.15) is 11.8 Å². The summed E-state index contributed by atoms with van der Waals surface area (Å²) in [7, 11) is 0. The van der Waals surface area contributed by atoms with Gasteiger partial charge in [0, 0.05) is 30.1 Å². The van der Waals surface area contributed by atoms with E-state index in [1.54, 1.807) is 6.92 Å². The van der Waals surface area contributed by atoms with Crippen LogP contribution in [-0.2, 0) is 38.1 Å². The number of nitrogens with one attached hydrogen (secondary N) is 1. The summed E-state index contributed by atoms with van der Waals surface area (Å²) in [4.78, 5) is 38.2. The number of carboxylic acids is 1. The number of ether oxygens (including phenoxy) is 5. The Morgan fingerprint density at radius 3 is 2.16 bits per heavy atom. The van der Waals surface area contributed by atoms with Crippen molar-refractivity contribution in [3.05, 3.63) is 12.2 Å². The van der Waals surface area contributed by atoms with Gasteiger partial charge in [0.15, 0.2) is 16.4 Å². The van der Waals surface area contributed by atoms with Crippen LogP contribution in [0.1, 0.15) is 133 Å². The number of halogens is 2. The third-order valence-corrected chi connectivity index (χ3v) is 15.4. The maximum atomic E-state index is 14.6. The zero-order valence-electron chi connectivity index (χ0n) is 36.2. The molecule has 0 saturated carbocycles. The Balaban J connectivity index is 1.38. The van der Waals surface area contributed by atoms with Crippen molar-refractivity contribution in [2.45, 2.75) is 204 Å². The topological polar surface area (TPSA) is 170 Å². The molecule has 4 saturated heterocycles. The summed E-state index contributed by atoms with van der Waals surface area (Å²) in [6, 6.07) is -0.776. The van der Waals surface area contributed by atoms with Gasteiger partial charge >= 0.3 is 5.97 Å². The van der Waals surface area contributed by atoms with Crippen molar-refractivity contribution >= 4 is 40.9 Å². The third-order valence-electron chi connectivity index (χ3n) is 15.0. The number of aliphatic hydroxyl groups is 2. The Kier molecular flexibility index (Phi) is 15.3. The molecule has 5 aliphatic heterocycles. The number of aliphatic carboxylic acids is 1. The Morgan fingerprint density at radius 1 is 0.897 bits per heavy atom. The molecule has 5 heterocycles. The van der Waals surface area contributed by atoms with Gasteiger partial charge in [0.2, 0.25) is 0 Å². The lowest BCUT2D eigenvalue weighted by molar-refractivity contribution is -0.398.